The van der Waals surface area contributed by atoms with E-state index in [0.29, 0.717) is 0 Å². The highest BCUT2D eigenvalue weighted by Crippen LogP contribution is 2.18. The van der Waals surface area contributed by atoms with E-state index < -0.39 is 11.1 Å². The number of anilines is 1. The van der Waals surface area contributed by atoms with Crippen molar-refractivity contribution in [3.63, 3.8) is 0 Å². The fraction of sp³-hybridized carbons (Fsp3) is 0. The van der Waals surface area contributed by atoms with Gasteiger partial charge in [-0.05, 0) is 23.7 Å². The molecule has 0 saturated heterocycles. The molecule has 1 rings (SSSR count). The van der Waals surface area contributed by atoms with E-state index in [2.05, 4.69) is 0 Å². The predicted molar refractivity (Wildman–Crippen MR) is 42.0 cm³/mol. The van der Waals surface area contributed by atoms with E-state index in [1.54, 1.807) is 5.48 Å². The summed E-state index contributed by atoms with van der Waals surface area (Å²) in [6.45, 7) is 0. The van der Waals surface area contributed by atoms with Gasteiger partial charge in [0.1, 0.15) is 0 Å². The van der Waals surface area contributed by atoms with Crippen LogP contribution in [-0.2, 0) is 0 Å². The molecule has 0 unspecified atom stereocenters. The lowest BCUT2D eigenvalue weighted by atomic mass is 10.2. The standard InChI is InChI=1S/C7H5ClFNO2/c8-7(11)4-2-1-3-5(10-12)6(4)9/h1-3,10,12H. The minimum atomic E-state index is -0.899. The van der Waals surface area contributed by atoms with Crippen LogP contribution in [0, 0.1) is 5.82 Å². The summed E-state index contributed by atoms with van der Waals surface area (Å²) in [5.74, 6) is -0.861. The smallest absolute Gasteiger partial charge is 0.255 e. The maximum atomic E-state index is 13.0. The Kier molecular flexibility index (Phi) is 2.62. The summed E-state index contributed by atoms with van der Waals surface area (Å²) < 4.78 is 13.0. The molecule has 1 aromatic carbocycles. The number of hydrogen-bond donors (Lipinski definition) is 2. The quantitative estimate of drug-likeness (QED) is 0.553. The van der Waals surface area contributed by atoms with Crippen LogP contribution in [0.2, 0.25) is 0 Å². The Hall–Kier alpha value is -1.13. The zero-order valence-electron chi connectivity index (χ0n) is 5.84. The highest BCUT2D eigenvalue weighted by molar-refractivity contribution is 6.67. The van der Waals surface area contributed by atoms with Crippen molar-refractivity contribution in [2.24, 2.45) is 0 Å². The third-order valence-corrected chi connectivity index (χ3v) is 1.53. The number of halogens is 2. The van der Waals surface area contributed by atoms with Crippen molar-refractivity contribution in [2.45, 2.75) is 0 Å². The molecule has 0 radical (unpaired) electrons. The Morgan fingerprint density at radius 2 is 2.25 bits per heavy atom. The number of carbonyl (C=O) groups is 1. The fourth-order valence-corrected chi connectivity index (χ4v) is 0.916. The van der Waals surface area contributed by atoms with Crippen LogP contribution in [0.25, 0.3) is 0 Å². The first-order valence-electron chi connectivity index (χ1n) is 3.05. The number of rotatable bonds is 2. The van der Waals surface area contributed by atoms with E-state index >= 15 is 0 Å². The van der Waals surface area contributed by atoms with E-state index in [1.165, 1.54) is 18.2 Å². The Balaban J connectivity index is 3.23. The third kappa shape index (κ3) is 1.54. The highest BCUT2D eigenvalue weighted by atomic mass is 35.5. The molecule has 0 bridgehead atoms. The molecule has 3 nitrogen and oxygen atoms in total. The molecule has 0 fully saturated rings. The first-order valence-corrected chi connectivity index (χ1v) is 3.43. The van der Waals surface area contributed by atoms with Gasteiger partial charge in [-0.1, -0.05) is 6.07 Å². The van der Waals surface area contributed by atoms with Gasteiger partial charge in [0.25, 0.3) is 5.24 Å². The summed E-state index contributed by atoms with van der Waals surface area (Å²) >= 11 is 5.05. The van der Waals surface area contributed by atoms with Gasteiger partial charge < -0.3 is 0 Å². The van der Waals surface area contributed by atoms with Crippen molar-refractivity contribution in [3.05, 3.63) is 29.6 Å². The largest absolute Gasteiger partial charge is 0.291 e. The maximum Gasteiger partial charge on any atom is 0.255 e. The van der Waals surface area contributed by atoms with Crippen molar-refractivity contribution in [3.8, 4) is 0 Å². The van der Waals surface area contributed by atoms with Crippen molar-refractivity contribution in [1.29, 1.82) is 0 Å². The van der Waals surface area contributed by atoms with Gasteiger partial charge >= 0.3 is 0 Å². The average molecular weight is 190 g/mol. The first-order chi connectivity index (χ1) is 5.66. The van der Waals surface area contributed by atoms with Gasteiger partial charge in [-0.2, -0.15) is 0 Å². The van der Waals surface area contributed by atoms with Crippen LogP contribution in [0.4, 0.5) is 10.1 Å². The Morgan fingerprint density at radius 3 is 2.75 bits per heavy atom. The van der Waals surface area contributed by atoms with Gasteiger partial charge in [-0.25, -0.2) is 4.39 Å². The van der Waals surface area contributed by atoms with E-state index in [1.807, 2.05) is 0 Å². The molecule has 0 heterocycles. The molecule has 5 heteroatoms. The second-order valence-corrected chi connectivity index (χ2v) is 2.40. The molecule has 0 spiro atoms. The molecule has 64 valence electrons. The van der Waals surface area contributed by atoms with Crippen molar-refractivity contribution < 1.29 is 14.4 Å². The van der Waals surface area contributed by atoms with Crippen LogP contribution < -0.4 is 5.48 Å². The summed E-state index contributed by atoms with van der Waals surface area (Å²) in [5, 5.41) is 7.48. The maximum absolute atomic E-state index is 13.0. The van der Waals surface area contributed by atoms with Gasteiger partial charge in [0.05, 0.1) is 11.3 Å². The lowest BCUT2D eigenvalue weighted by molar-refractivity contribution is 0.107. The van der Waals surface area contributed by atoms with Gasteiger partial charge in [-0.15, -0.1) is 0 Å². The molecule has 0 atom stereocenters. The summed E-state index contributed by atoms with van der Waals surface area (Å²) in [4.78, 5) is 10.6. The second kappa shape index (κ2) is 3.51. The zero-order valence-corrected chi connectivity index (χ0v) is 6.60. The highest BCUT2D eigenvalue weighted by Gasteiger charge is 2.11. The van der Waals surface area contributed by atoms with Crippen molar-refractivity contribution >= 4 is 22.5 Å². The van der Waals surface area contributed by atoms with Crippen LogP contribution in [0.1, 0.15) is 10.4 Å². The van der Waals surface area contributed by atoms with Gasteiger partial charge in [0.15, 0.2) is 5.82 Å². The van der Waals surface area contributed by atoms with E-state index in [9.17, 15) is 9.18 Å². The van der Waals surface area contributed by atoms with Gasteiger partial charge in [0.2, 0.25) is 0 Å². The zero-order chi connectivity index (χ0) is 9.14. The normalized spacial score (nSPS) is 9.58. The summed E-state index contributed by atoms with van der Waals surface area (Å²) in [5.41, 5.74) is 1.16. The Bertz CT molecular complexity index is 316. The molecule has 0 aliphatic carbocycles. The number of hydrogen-bond acceptors (Lipinski definition) is 3. The number of carbonyl (C=O) groups excluding carboxylic acids is 1. The molecule has 2 N–H and O–H groups in total. The van der Waals surface area contributed by atoms with Crippen LogP contribution in [0.5, 0.6) is 0 Å². The molecular weight excluding hydrogens is 185 g/mol. The minimum absolute atomic E-state index is 0.179. The molecule has 0 aliphatic rings. The summed E-state index contributed by atoms with van der Waals surface area (Å²) in [6, 6.07) is 3.90. The Labute approximate surface area is 72.7 Å². The topological polar surface area (TPSA) is 49.3 Å². The predicted octanol–water partition coefficient (Wildman–Crippen LogP) is 2.01. The van der Waals surface area contributed by atoms with Crippen LogP contribution in [0.15, 0.2) is 18.2 Å². The lowest BCUT2D eigenvalue weighted by Gasteiger charge is -2.02. The molecule has 0 aromatic heterocycles. The third-order valence-electron chi connectivity index (χ3n) is 1.33. The van der Waals surface area contributed by atoms with Crippen LogP contribution in [0.3, 0.4) is 0 Å². The van der Waals surface area contributed by atoms with Crippen molar-refractivity contribution in [2.75, 3.05) is 5.48 Å². The van der Waals surface area contributed by atoms with Crippen LogP contribution >= 0.6 is 11.6 Å². The summed E-state index contributed by atoms with van der Waals surface area (Å²) in [7, 11) is 0. The van der Waals surface area contributed by atoms with E-state index in [-0.39, 0.29) is 11.3 Å². The number of benzene rings is 1. The minimum Gasteiger partial charge on any atom is -0.291 e. The summed E-state index contributed by atoms with van der Waals surface area (Å²) in [6.07, 6.45) is 0. The van der Waals surface area contributed by atoms with Crippen molar-refractivity contribution in [1.82, 2.24) is 0 Å². The molecule has 0 aliphatic heterocycles. The molecule has 12 heavy (non-hydrogen) atoms. The van der Waals surface area contributed by atoms with Crippen LogP contribution in [-0.4, -0.2) is 10.4 Å². The molecule has 1 aromatic rings. The SMILES string of the molecule is O=C(Cl)c1cccc(NO)c1F. The van der Waals surface area contributed by atoms with Gasteiger partial charge in [0, 0.05) is 0 Å². The van der Waals surface area contributed by atoms with E-state index in [0.717, 1.165) is 0 Å². The first kappa shape index (κ1) is 8.96. The monoisotopic (exact) mass is 189 g/mol. The molecule has 0 amide bonds. The molecular formula is C7H5ClFNO2. The molecule has 0 saturated carbocycles. The fourth-order valence-electron chi connectivity index (χ4n) is 0.770. The van der Waals surface area contributed by atoms with Gasteiger partial charge in [-0.3, -0.25) is 15.5 Å². The average Bonchev–Trinajstić information content (AvgIpc) is 2.04. The lowest BCUT2D eigenvalue weighted by Crippen LogP contribution is -1.99. The van der Waals surface area contributed by atoms with E-state index in [4.69, 9.17) is 16.8 Å². The number of nitrogens with one attached hydrogen (secondary N) is 1. The second-order valence-electron chi connectivity index (χ2n) is 2.05. The Morgan fingerprint density at radius 1 is 1.58 bits per heavy atom.